The fourth-order valence-electron chi connectivity index (χ4n) is 0.931. The molecule has 0 saturated carbocycles. The van der Waals surface area contributed by atoms with E-state index in [1.54, 1.807) is 7.11 Å². The molecule has 1 N–H and O–H groups in total. The maximum atomic E-state index is 5.27. The highest BCUT2D eigenvalue weighted by atomic mass is 16.5. The smallest absolute Gasteiger partial charge is 0.0701 e. The zero-order valence-corrected chi connectivity index (χ0v) is 7.90. The van der Waals surface area contributed by atoms with E-state index in [4.69, 9.17) is 9.47 Å². The van der Waals surface area contributed by atoms with E-state index in [2.05, 4.69) is 5.43 Å². The Balaban J connectivity index is 1.90. The predicted octanol–water partition coefficient (Wildman–Crippen LogP) is 0.695. The highest BCUT2D eigenvalue weighted by Gasteiger charge is 1.88. The normalized spacial score (nSPS) is 10.2. The van der Waals surface area contributed by atoms with Gasteiger partial charge in [-0.15, -0.1) is 0 Å². The summed E-state index contributed by atoms with van der Waals surface area (Å²) in [7, 11) is 1.67. The van der Waals surface area contributed by atoms with E-state index in [0.29, 0.717) is 19.8 Å². The largest absolute Gasteiger partial charge is 0.382 e. The van der Waals surface area contributed by atoms with Crippen molar-refractivity contribution in [2.75, 3.05) is 38.9 Å². The average molecular weight is 184 g/mol. The third-order valence-corrected chi connectivity index (χ3v) is 1.58. The standard InChI is InChI=1S/C9H16N2O2/c1-12-8-9-13-7-4-10-11-5-2-3-6-11/h2-3,5-6,10H,4,7-9H2,1H3. The number of nitrogens with one attached hydrogen (secondary N) is 1. The van der Waals surface area contributed by atoms with Crippen LogP contribution >= 0.6 is 0 Å². The topological polar surface area (TPSA) is 35.4 Å². The van der Waals surface area contributed by atoms with Gasteiger partial charge in [0.2, 0.25) is 0 Å². The molecule has 0 unspecified atom stereocenters. The number of ether oxygens (including phenoxy) is 2. The van der Waals surface area contributed by atoms with Crippen LogP contribution in [0.1, 0.15) is 0 Å². The van der Waals surface area contributed by atoms with Crippen molar-refractivity contribution in [1.82, 2.24) is 4.68 Å². The molecule has 0 aliphatic carbocycles. The lowest BCUT2D eigenvalue weighted by atomic mass is 10.7. The van der Waals surface area contributed by atoms with Crippen LogP contribution in [0, 0.1) is 0 Å². The fraction of sp³-hybridized carbons (Fsp3) is 0.556. The Bertz CT molecular complexity index is 199. The summed E-state index contributed by atoms with van der Waals surface area (Å²) in [5, 5.41) is 0. The fourth-order valence-corrected chi connectivity index (χ4v) is 0.931. The van der Waals surface area contributed by atoms with Crippen LogP contribution in [0.2, 0.25) is 0 Å². The number of hydrogen-bond donors (Lipinski definition) is 1. The highest BCUT2D eigenvalue weighted by Crippen LogP contribution is 1.84. The number of aromatic nitrogens is 1. The summed E-state index contributed by atoms with van der Waals surface area (Å²) in [5.74, 6) is 0. The van der Waals surface area contributed by atoms with Gasteiger partial charge in [0.05, 0.1) is 26.4 Å². The zero-order chi connectivity index (χ0) is 9.36. The van der Waals surface area contributed by atoms with Gasteiger partial charge in [-0.1, -0.05) is 0 Å². The lowest BCUT2D eigenvalue weighted by Gasteiger charge is -2.07. The SMILES string of the molecule is COCCOCCNn1cccc1. The van der Waals surface area contributed by atoms with Crippen LogP contribution in [0.25, 0.3) is 0 Å². The lowest BCUT2D eigenvalue weighted by molar-refractivity contribution is 0.0752. The molecule has 0 spiro atoms. The van der Waals surface area contributed by atoms with Gasteiger partial charge in [-0.2, -0.15) is 0 Å². The Morgan fingerprint density at radius 3 is 2.62 bits per heavy atom. The molecular formula is C9H16N2O2. The van der Waals surface area contributed by atoms with Crippen molar-refractivity contribution in [3.05, 3.63) is 24.5 Å². The molecule has 13 heavy (non-hydrogen) atoms. The summed E-state index contributed by atoms with van der Waals surface area (Å²) in [6.45, 7) is 2.81. The Morgan fingerprint density at radius 2 is 1.92 bits per heavy atom. The number of methoxy groups -OCH3 is 1. The van der Waals surface area contributed by atoms with E-state index in [9.17, 15) is 0 Å². The summed E-state index contributed by atoms with van der Waals surface area (Å²) in [6, 6.07) is 3.94. The zero-order valence-electron chi connectivity index (χ0n) is 7.90. The minimum atomic E-state index is 0.656. The third-order valence-electron chi connectivity index (χ3n) is 1.58. The van der Waals surface area contributed by atoms with E-state index in [1.165, 1.54) is 0 Å². The molecule has 0 aromatic carbocycles. The second-order valence-corrected chi connectivity index (χ2v) is 2.60. The van der Waals surface area contributed by atoms with Crippen LogP contribution in [0.5, 0.6) is 0 Å². The van der Waals surface area contributed by atoms with Gasteiger partial charge in [0.1, 0.15) is 0 Å². The van der Waals surface area contributed by atoms with Crippen LogP contribution in [-0.2, 0) is 9.47 Å². The second-order valence-electron chi connectivity index (χ2n) is 2.60. The molecular weight excluding hydrogens is 168 g/mol. The highest BCUT2D eigenvalue weighted by molar-refractivity contribution is 4.92. The van der Waals surface area contributed by atoms with Crippen molar-refractivity contribution in [3.8, 4) is 0 Å². The summed E-state index contributed by atoms with van der Waals surface area (Å²) >= 11 is 0. The molecule has 74 valence electrons. The van der Waals surface area contributed by atoms with Crippen LogP contribution in [0.4, 0.5) is 0 Å². The quantitative estimate of drug-likeness (QED) is 0.633. The molecule has 0 bridgehead atoms. The first kappa shape index (κ1) is 10.1. The van der Waals surface area contributed by atoms with E-state index in [1.807, 2.05) is 29.2 Å². The second kappa shape index (κ2) is 6.51. The molecule has 1 aromatic heterocycles. The minimum absolute atomic E-state index is 0.656. The summed E-state index contributed by atoms with van der Waals surface area (Å²) < 4.78 is 12.0. The van der Waals surface area contributed by atoms with E-state index in [-0.39, 0.29) is 0 Å². The Morgan fingerprint density at radius 1 is 1.15 bits per heavy atom. The predicted molar refractivity (Wildman–Crippen MR) is 51.4 cm³/mol. The van der Waals surface area contributed by atoms with Crippen molar-refractivity contribution in [3.63, 3.8) is 0 Å². The van der Waals surface area contributed by atoms with Gasteiger partial charge >= 0.3 is 0 Å². The summed E-state index contributed by atoms with van der Waals surface area (Å²) in [5.41, 5.74) is 3.15. The first-order valence-corrected chi connectivity index (χ1v) is 4.37. The monoisotopic (exact) mass is 184 g/mol. The van der Waals surface area contributed by atoms with Crippen molar-refractivity contribution in [2.45, 2.75) is 0 Å². The van der Waals surface area contributed by atoms with E-state index < -0.39 is 0 Å². The van der Waals surface area contributed by atoms with Gasteiger partial charge in [-0.3, -0.25) is 4.68 Å². The maximum absolute atomic E-state index is 5.27. The first-order valence-electron chi connectivity index (χ1n) is 4.37. The summed E-state index contributed by atoms with van der Waals surface area (Å²) in [6.07, 6.45) is 3.91. The molecule has 0 aliphatic heterocycles. The molecule has 0 saturated heterocycles. The van der Waals surface area contributed by atoms with Gasteiger partial charge in [0.15, 0.2) is 0 Å². The molecule has 4 nitrogen and oxygen atoms in total. The first-order chi connectivity index (χ1) is 6.43. The molecule has 4 heteroatoms. The average Bonchev–Trinajstić information content (AvgIpc) is 2.63. The van der Waals surface area contributed by atoms with Crippen molar-refractivity contribution in [1.29, 1.82) is 0 Å². The molecule has 1 aromatic rings. The minimum Gasteiger partial charge on any atom is -0.382 e. The van der Waals surface area contributed by atoms with Crippen LogP contribution in [0.15, 0.2) is 24.5 Å². The van der Waals surface area contributed by atoms with Crippen LogP contribution in [0.3, 0.4) is 0 Å². The maximum Gasteiger partial charge on any atom is 0.0701 e. The molecule has 0 aliphatic rings. The van der Waals surface area contributed by atoms with Gasteiger partial charge in [-0.25, -0.2) is 0 Å². The van der Waals surface area contributed by atoms with Gasteiger partial charge < -0.3 is 14.9 Å². The van der Waals surface area contributed by atoms with Gasteiger partial charge in [0, 0.05) is 19.5 Å². The Kier molecular flexibility index (Phi) is 5.05. The van der Waals surface area contributed by atoms with E-state index in [0.717, 1.165) is 6.54 Å². The van der Waals surface area contributed by atoms with Gasteiger partial charge in [0.25, 0.3) is 0 Å². The summed E-state index contributed by atoms with van der Waals surface area (Å²) in [4.78, 5) is 0. The van der Waals surface area contributed by atoms with Crippen LogP contribution in [-0.4, -0.2) is 38.2 Å². The number of hydrogen-bond acceptors (Lipinski definition) is 3. The van der Waals surface area contributed by atoms with Crippen molar-refractivity contribution >= 4 is 0 Å². The number of nitrogens with zero attached hydrogens (tertiary/aromatic N) is 1. The number of rotatable bonds is 7. The Labute approximate surface area is 78.4 Å². The molecule has 0 amide bonds. The molecule has 0 atom stereocenters. The molecule has 1 rings (SSSR count). The van der Waals surface area contributed by atoms with Gasteiger partial charge in [-0.05, 0) is 12.1 Å². The molecule has 0 radical (unpaired) electrons. The molecule has 1 heterocycles. The Hall–Kier alpha value is -1.00. The van der Waals surface area contributed by atoms with Crippen molar-refractivity contribution in [2.24, 2.45) is 0 Å². The van der Waals surface area contributed by atoms with Crippen LogP contribution < -0.4 is 5.43 Å². The molecule has 0 fully saturated rings. The van der Waals surface area contributed by atoms with E-state index >= 15 is 0 Å². The van der Waals surface area contributed by atoms with Crippen molar-refractivity contribution < 1.29 is 9.47 Å². The lowest BCUT2D eigenvalue weighted by Crippen LogP contribution is -2.18. The third kappa shape index (κ3) is 4.55.